The van der Waals surface area contributed by atoms with Crippen molar-refractivity contribution in [2.45, 2.75) is 13.5 Å². The maximum atomic E-state index is 12.8. The Balaban J connectivity index is 1.55. The van der Waals surface area contributed by atoms with E-state index in [1.54, 1.807) is 48.5 Å². The summed E-state index contributed by atoms with van der Waals surface area (Å²) in [6.45, 7) is 1.49. The van der Waals surface area contributed by atoms with E-state index in [4.69, 9.17) is 4.74 Å². The summed E-state index contributed by atoms with van der Waals surface area (Å²) < 4.78 is 5.42. The quantitative estimate of drug-likeness (QED) is 0.161. The first-order valence-corrected chi connectivity index (χ1v) is 11.1. The Morgan fingerprint density at radius 1 is 0.919 bits per heavy atom. The fourth-order valence-electron chi connectivity index (χ4n) is 3.33. The van der Waals surface area contributed by atoms with Gasteiger partial charge in [0.25, 0.3) is 0 Å². The third-order valence-electron chi connectivity index (χ3n) is 5.04. The molecule has 0 fully saturated rings. The molecule has 0 spiro atoms. The van der Waals surface area contributed by atoms with Crippen molar-refractivity contribution in [1.29, 1.82) is 0 Å². The van der Waals surface area contributed by atoms with Crippen LogP contribution in [-0.2, 0) is 16.1 Å². The van der Waals surface area contributed by atoms with Gasteiger partial charge in [0.15, 0.2) is 0 Å². The molecule has 186 valence electrons. The van der Waals surface area contributed by atoms with Gasteiger partial charge >= 0.3 is 11.7 Å². The molecule has 0 unspecified atom stereocenters. The molecule has 1 amide bonds. The monoisotopic (exact) mass is 498 g/mol. The van der Waals surface area contributed by atoms with E-state index in [2.05, 4.69) is 25.9 Å². The van der Waals surface area contributed by atoms with Crippen LogP contribution in [0.5, 0.6) is 0 Å². The van der Waals surface area contributed by atoms with Crippen LogP contribution in [0, 0.1) is 10.1 Å². The number of amides is 1. The third kappa shape index (κ3) is 6.63. The van der Waals surface area contributed by atoms with Gasteiger partial charge in [-0.2, -0.15) is 4.98 Å². The third-order valence-corrected chi connectivity index (χ3v) is 5.04. The number of benzene rings is 3. The molecule has 1 aromatic heterocycles. The number of rotatable bonds is 9. The lowest BCUT2D eigenvalue weighted by Crippen LogP contribution is -2.10. The maximum Gasteiger partial charge on any atom is 0.340 e. The van der Waals surface area contributed by atoms with Gasteiger partial charge in [0.05, 0.1) is 16.2 Å². The molecule has 37 heavy (non-hydrogen) atoms. The highest BCUT2D eigenvalue weighted by atomic mass is 16.6. The second kappa shape index (κ2) is 11.4. The zero-order valence-corrected chi connectivity index (χ0v) is 19.7. The normalized spacial score (nSPS) is 10.3. The van der Waals surface area contributed by atoms with E-state index in [1.165, 1.54) is 6.92 Å². The molecule has 0 bridgehead atoms. The predicted molar refractivity (Wildman–Crippen MR) is 138 cm³/mol. The van der Waals surface area contributed by atoms with E-state index in [1.807, 2.05) is 30.3 Å². The van der Waals surface area contributed by atoms with Crippen LogP contribution in [0.4, 0.5) is 34.5 Å². The van der Waals surface area contributed by atoms with Crippen LogP contribution in [0.2, 0.25) is 0 Å². The summed E-state index contributed by atoms with van der Waals surface area (Å²) in [5.74, 6) is -0.814. The minimum Gasteiger partial charge on any atom is -0.457 e. The van der Waals surface area contributed by atoms with E-state index < -0.39 is 10.9 Å². The molecule has 0 aliphatic heterocycles. The van der Waals surface area contributed by atoms with Crippen molar-refractivity contribution in [1.82, 2.24) is 9.97 Å². The van der Waals surface area contributed by atoms with E-state index in [-0.39, 0.29) is 41.2 Å². The number of nitro groups is 1. The van der Waals surface area contributed by atoms with Crippen molar-refractivity contribution in [3.05, 3.63) is 106 Å². The van der Waals surface area contributed by atoms with Gasteiger partial charge in [0, 0.05) is 18.3 Å². The van der Waals surface area contributed by atoms with Gasteiger partial charge in [-0.3, -0.25) is 14.9 Å². The van der Waals surface area contributed by atoms with Crippen LogP contribution in [-0.4, -0.2) is 26.8 Å². The Morgan fingerprint density at radius 3 is 2.30 bits per heavy atom. The molecule has 4 rings (SSSR count). The number of hydrogen-bond acceptors (Lipinski definition) is 9. The SMILES string of the molecule is CC(=O)Nc1ccc(Nc2ncc([N+](=O)[O-])c(Nc3ccccc3C(=O)OCc3ccccc3)n2)cc1. The van der Waals surface area contributed by atoms with Gasteiger partial charge < -0.3 is 20.7 Å². The number of nitrogens with one attached hydrogen (secondary N) is 3. The minimum atomic E-state index is -0.620. The van der Waals surface area contributed by atoms with Crippen molar-refractivity contribution in [3.8, 4) is 0 Å². The highest BCUT2D eigenvalue weighted by Crippen LogP contribution is 2.29. The largest absolute Gasteiger partial charge is 0.457 e. The number of ether oxygens (including phenoxy) is 1. The molecule has 0 radical (unpaired) electrons. The molecule has 11 nitrogen and oxygen atoms in total. The summed E-state index contributed by atoms with van der Waals surface area (Å²) in [5, 5.41) is 20.1. The van der Waals surface area contributed by atoms with E-state index in [0.29, 0.717) is 11.4 Å². The number of nitrogens with zero attached hydrogens (tertiary/aromatic N) is 3. The Morgan fingerprint density at radius 2 is 1.59 bits per heavy atom. The topological polar surface area (TPSA) is 148 Å². The standard InChI is InChI=1S/C26H22N6O5/c1-17(33)28-19-11-13-20(14-12-19)29-26-27-15-23(32(35)36)24(31-26)30-22-10-6-5-9-21(22)25(34)37-16-18-7-3-2-4-8-18/h2-15H,16H2,1H3,(H,28,33)(H2,27,29,30,31). The number of para-hydroxylation sites is 1. The second-order valence-electron chi connectivity index (χ2n) is 7.80. The smallest absolute Gasteiger partial charge is 0.340 e. The van der Waals surface area contributed by atoms with Crippen molar-refractivity contribution >= 4 is 46.4 Å². The van der Waals surface area contributed by atoms with Crippen molar-refractivity contribution in [2.75, 3.05) is 16.0 Å². The van der Waals surface area contributed by atoms with Gasteiger partial charge in [0.2, 0.25) is 17.7 Å². The zero-order chi connectivity index (χ0) is 26.2. The molecule has 3 aromatic carbocycles. The van der Waals surface area contributed by atoms with Gasteiger partial charge in [-0.05, 0) is 42.0 Å². The van der Waals surface area contributed by atoms with Crippen LogP contribution in [0.25, 0.3) is 0 Å². The van der Waals surface area contributed by atoms with Gasteiger partial charge in [-0.15, -0.1) is 0 Å². The number of hydrogen-bond donors (Lipinski definition) is 3. The average Bonchev–Trinajstić information content (AvgIpc) is 2.89. The Hall–Kier alpha value is -5.32. The number of carbonyl (C=O) groups is 2. The number of carbonyl (C=O) groups excluding carboxylic acids is 2. The fraction of sp³-hybridized carbons (Fsp3) is 0.0769. The van der Waals surface area contributed by atoms with E-state index >= 15 is 0 Å². The minimum absolute atomic E-state index is 0.0798. The predicted octanol–water partition coefficient (Wildman–Crippen LogP) is 5.19. The van der Waals surface area contributed by atoms with Crippen molar-refractivity contribution in [3.63, 3.8) is 0 Å². The summed E-state index contributed by atoms with van der Waals surface area (Å²) >= 11 is 0. The lowest BCUT2D eigenvalue weighted by Gasteiger charge is -2.13. The molecule has 0 saturated heterocycles. The molecule has 0 aliphatic carbocycles. The lowest BCUT2D eigenvalue weighted by molar-refractivity contribution is -0.384. The first kappa shape index (κ1) is 24.8. The Labute approximate surface area is 211 Å². The Kier molecular flexibility index (Phi) is 7.64. The Bertz CT molecular complexity index is 1430. The summed E-state index contributed by atoms with van der Waals surface area (Å²) in [6.07, 6.45) is 1.07. The summed E-state index contributed by atoms with van der Waals surface area (Å²) in [6, 6.07) is 22.5. The summed E-state index contributed by atoms with van der Waals surface area (Å²) in [5.41, 5.74) is 2.13. The van der Waals surface area contributed by atoms with Gasteiger partial charge in [-0.1, -0.05) is 42.5 Å². The molecule has 0 aliphatic rings. The van der Waals surface area contributed by atoms with Crippen LogP contribution >= 0.6 is 0 Å². The molecule has 4 aromatic rings. The molecular weight excluding hydrogens is 476 g/mol. The highest BCUT2D eigenvalue weighted by molar-refractivity contribution is 5.96. The van der Waals surface area contributed by atoms with Crippen LogP contribution in [0.1, 0.15) is 22.8 Å². The molecule has 0 saturated carbocycles. The van der Waals surface area contributed by atoms with Gasteiger partial charge in [0.1, 0.15) is 12.8 Å². The van der Waals surface area contributed by atoms with E-state index in [9.17, 15) is 19.7 Å². The van der Waals surface area contributed by atoms with Crippen molar-refractivity contribution < 1.29 is 19.2 Å². The number of anilines is 5. The van der Waals surface area contributed by atoms with Crippen LogP contribution < -0.4 is 16.0 Å². The highest BCUT2D eigenvalue weighted by Gasteiger charge is 2.21. The first-order chi connectivity index (χ1) is 17.9. The second-order valence-corrected chi connectivity index (χ2v) is 7.80. The average molecular weight is 498 g/mol. The molecule has 1 heterocycles. The zero-order valence-electron chi connectivity index (χ0n) is 19.7. The summed E-state index contributed by atoms with van der Waals surface area (Å²) in [4.78, 5) is 43.3. The van der Waals surface area contributed by atoms with Crippen LogP contribution in [0.3, 0.4) is 0 Å². The van der Waals surface area contributed by atoms with Gasteiger partial charge in [-0.25, -0.2) is 9.78 Å². The number of aromatic nitrogens is 2. The van der Waals surface area contributed by atoms with Crippen molar-refractivity contribution in [2.24, 2.45) is 0 Å². The first-order valence-electron chi connectivity index (χ1n) is 11.1. The number of esters is 1. The van der Waals surface area contributed by atoms with Crippen LogP contribution in [0.15, 0.2) is 85.1 Å². The lowest BCUT2D eigenvalue weighted by atomic mass is 10.1. The molecule has 11 heteroatoms. The maximum absolute atomic E-state index is 12.8. The molecule has 3 N–H and O–H groups in total. The summed E-state index contributed by atoms with van der Waals surface area (Å²) in [7, 11) is 0. The fourth-order valence-corrected chi connectivity index (χ4v) is 3.33. The van der Waals surface area contributed by atoms with E-state index in [0.717, 1.165) is 11.8 Å². The molecular formula is C26H22N6O5. The molecule has 0 atom stereocenters.